The number of benzene rings is 2. The van der Waals surface area contributed by atoms with E-state index in [0.717, 1.165) is 17.3 Å². The highest BCUT2D eigenvalue weighted by atomic mass is 127. The van der Waals surface area contributed by atoms with Crippen molar-refractivity contribution in [3.05, 3.63) is 63.6 Å². The fourth-order valence-corrected chi connectivity index (χ4v) is 2.82. The van der Waals surface area contributed by atoms with E-state index in [1.54, 1.807) is 18.2 Å². The van der Waals surface area contributed by atoms with Gasteiger partial charge in [-0.3, -0.25) is 0 Å². The van der Waals surface area contributed by atoms with Crippen LogP contribution in [-0.2, 0) is 0 Å². The summed E-state index contributed by atoms with van der Waals surface area (Å²) in [5.41, 5.74) is 2.41. The lowest BCUT2D eigenvalue weighted by Crippen LogP contribution is -2.08. The van der Waals surface area contributed by atoms with E-state index in [2.05, 4.69) is 53.8 Å². The number of rotatable bonds is 6. The molecule has 21 heavy (non-hydrogen) atoms. The normalized spacial score (nSPS) is 12.2. The summed E-state index contributed by atoms with van der Waals surface area (Å²) in [6.07, 6.45) is 2.04. The van der Waals surface area contributed by atoms with Crippen molar-refractivity contribution in [3.8, 4) is 5.75 Å². The molecule has 0 aliphatic carbocycles. The van der Waals surface area contributed by atoms with Crippen molar-refractivity contribution >= 4 is 45.8 Å². The minimum atomic E-state index is -0.00340. The third-order valence-corrected chi connectivity index (χ3v) is 4.52. The molecule has 0 aliphatic rings. The Morgan fingerprint density at radius 2 is 1.81 bits per heavy atom. The summed E-state index contributed by atoms with van der Waals surface area (Å²) in [6, 6.07) is 13.8. The number of alkyl halides is 1. The summed E-state index contributed by atoms with van der Waals surface area (Å²) in [4.78, 5) is 0. The van der Waals surface area contributed by atoms with Crippen LogP contribution in [-0.4, -0.2) is 4.43 Å². The van der Waals surface area contributed by atoms with Crippen molar-refractivity contribution < 1.29 is 4.74 Å². The second kappa shape index (κ2) is 8.25. The summed E-state index contributed by atoms with van der Waals surface area (Å²) in [7, 11) is 0. The molecular weight excluding hydrogens is 418 g/mol. The van der Waals surface area contributed by atoms with E-state index < -0.39 is 0 Å². The van der Waals surface area contributed by atoms with Crippen molar-refractivity contribution in [2.45, 2.75) is 25.9 Å². The first-order valence-corrected chi connectivity index (χ1v) is 9.12. The quantitative estimate of drug-likeness (QED) is 0.365. The maximum Gasteiger partial charge on any atom is 0.140 e. The number of hydrogen-bond donors (Lipinski definition) is 0. The Hall–Kier alpha value is -0.450. The molecular formula is C17H17Cl2IO. The van der Waals surface area contributed by atoms with Gasteiger partial charge in [0.25, 0.3) is 0 Å². The van der Waals surface area contributed by atoms with Crippen molar-refractivity contribution in [2.75, 3.05) is 4.43 Å². The second-order valence-corrected chi connectivity index (χ2v) is 6.85. The molecule has 2 rings (SSSR count). The van der Waals surface area contributed by atoms with Gasteiger partial charge in [-0.25, -0.2) is 0 Å². The van der Waals surface area contributed by atoms with Crippen LogP contribution in [0, 0.1) is 6.92 Å². The lowest BCUT2D eigenvalue weighted by molar-refractivity contribution is 0.194. The maximum absolute atomic E-state index is 6.20. The van der Waals surface area contributed by atoms with Gasteiger partial charge in [0.15, 0.2) is 0 Å². The van der Waals surface area contributed by atoms with Crippen molar-refractivity contribution in [1.29, 1.82) is 0 Å². The third-order valence-electron chi connectivity index (χ3n) is 3.21. The zero-order chi connectivity index (χ0) is 15.2. The molecule has 1 atom stereocenters. The van der Waals surface area contributed by atoms with Crippen LogP contribution in [0.15, 0.2) is 42.5 Å². The van der Waals surface area contributed by atoms with E-state index in [4.69, 9.17) is 27.9 Å². The van der Waals surface area contributed by atoms with Gasteiger partial charge < -0.3 is 4.74 Å². The number of aryl methyl sites for hydroxylation is 1. The van der Waals surface area contributed by atoms with E-state index in [0.29, 0.717) is 15.8 Å². The van der Waals surface area contributed by atoms with E-state index in [1.807, 2.05) is 0 Å². The van der Waals surface area contributed by atoms with Crippen molar-refractivity contribution in [1.82, 2.24) is 0 Å². The molecule has 1 nitrogen and oxygen atoms in total. The summed E-state index contributed by atoms with van der Waals surface area (Å²) >= 11 is 14.6. The fraction of sp³-hybridized carbons (Fsp3) is 0.294. The zero-order valence-electron chi connectivity index (χ0n) is 11.8. The molecule has 2 aromatic carbocycles. The van der Waals surface area contributed by atoms with E-state index in [1.165, 1.54) is 11.1 Å². The maximum atomic E-state index is 6.20. The smallest absolute Gasteiger partial charge is 0.140 e. The summed E-state index contributed by atoms with van der Waals surface area (Å²) in [5.74, 6) is 0.642. The molecule has 0 N–H and O–H groups in total. The molecule has 0 aliphatic heterocycles. The Bertz CT molecular complexity index is 584. The lowest BCUT2D eigenvalue weighted by atomic mass is 10.0. The largest absolute Gasteiger partial charge is 0.484 e. The first-order chi connectivity index (χ1) is 10.1. The molecule has 0 saturated heterocycles. The second-order valence-electron chi connectivity index (χ2n) is 4.92. The molecule has 2 aromatic rings. The van der Waals surface area contributed by atoms with Crippen LogP contribution in [0.1, 0.15) is 30.1 Å². The van der Waals surface area contributed by atoms with Gasteiger partial charge in [0.1, 0.15) is 11.9 Å². The van der Waals surface area contributed by atoms with Crippen LogP contribution in [0.3, 0.4) is 0 Å². The highest BCUT2D eigenvalue weighted by Gasteiger charge is 2.15. The molecule has 0 heterocycles. The molecule has 0 radical (unpaired) electrons. The van der Waals surface area contributed by atoms with Crippen LogP contribution >= 0.6 is 45.8 Å². The molecule has 0 aromatic heterocycles. The molecule has 0 saturated carbocycles. The Labute approximate surface area is 149 Å². The lowest BCUT2D eigenvalue weighted by Gasteiger charge is -2.20. The van der Waals surface area contributed by atoms with Crippen molar-refractivity contribution in [3.63, 3.8) is 0 Å². The SMILES string of the molecule is Cc1ccc([C@H](CCCI)Oc2cc(Cl)ccc2Cl)cc1. The Morgan fingerprint density at radius 1 is 1.10 bits per heavy atom. The molecule has 0 unspecified atom stereocenters. The van der Waals surface area contributed by atoms with E-state index in [-0.39, 0.29) is 6.10 Å². The van der Waals surface area contributed by atoms with E-state index >= 15 is 0 Å². The standard InChI is InChI=1S/C17H17Cl2IO/c1-12-4-6-13(7-5-12)16(3-2-10-20)21-17-11-14(18)8-9-15(17)19/h4-9,11,16H,2-3,10H2,1H3/t16-/m0/s1. The first-order valence-electron chi connectivity index (χ1n) is 6.84. The molecule has 0 fully saturated rings. The average Bonchev–Trinajstić information content (AvgIpc) is 2.48. The molecule has 112 valence electrons. The Balaban J connectivity index is 2.23. The van der Waals surface area contributed by atoms with Crippen LogP contribution in [0.5, 0.6) is 5.75 Å². The predicted octanol–water partition coefficient (Wildman–Crippen LogP) is 6.64. The van der Waals surface area contributed by atoms with Gasteiger partial charge in [-0.2, -0.15) is 0 Å². The van der Waals surface area contributed by atoms with Gasteiger partial charge in [-0.1, -0.05) is 75.6 Å². The number of halogens is 3. The molecule has 0 spiro atoms. The van der Waals surface area contributed by atoms with Crippen LogP contribution < -0.4 is 4.74 Å². The Morgan fingerprint density at radius 3 is 2.48 bits per heavy atom. The average molecular weight is 435 g/mol. The predicted molar refractivity (Wildman–Crippen MR) is 99.1 cm³/mol. The first kappa shape index (κ1) is 16.9. The van der Waals surface area contributed by atoms with E-state index in [9.17, 15) is 0 Å². The van der Waals surface area contributed by atoms with Crippen LogP contribution in [0.4, 0.5) is 0 Å². The zero-order valence-corrected chi connectivity index (χ0v) is 15.5. The van der Waals surface area contributed by atoms with Gasteiger partial charge in [-0.05, 0) is 41.9 Å². The monoisotopic (exact) mass is 434 g/mol. The van der Waals surface area contributed by atoms with Gasteiger partial charge in [0, 0.05) is 11.1 Å². The molecule has 0 amide bonds. The third kappa shape index (κ3) is 5.04. The minimum absolute atomic E-state index is 0.00340. The van der Waals surface area contributed by atoms with Crippen LogP contribution in [0.25, 0.3) is 0 Å². The van der Waals surface area contributed by atoms with Crippen LogP contribution in [0.2, 0.25) is 10.0 Å². The molecule has 0 bridgehead atoms. The summed E-state index contributed by atoms with van der Waals surface area (Å²) < 4.78 is 7.24. The highest BCUT2D eigenvalue weighted by Crippen LogP contribution is 2.33. The topological polar surface area (TPSA) is 9.23 Å². The number of ether oxygens (including phenoxy) is 1. The van der Waals surface area contributed by atoms with Gasteiger partial charge in [0.05, 0.1) is 5.02 Å². The highest BCUT2D eigenvalue weighted by molar-refractivity contribution is 14.1. The van der Waals surface area contributed by atoms with Crippen molar-refractivity contribution in [2.24, 2.45) is 0 Å². The molecule has 4 heteroatoms. The minimum Gasteiger partial charge on any atom is -0.484 e. The summed E-state index contributed by atoms with van der Waals surface area (Å²) in [5, 5.41) is 1.22. The fourth-order valence-electron chi connectivity index (χ4n) is 2.06. The summed E-state index contributed by atoms with van der Waals surface area (Å²) in [6.45, 7) is 2.08. The number of hydrogen-bond acceptors (Lipinski definition) is 1. The van der Waals surface area contributed by atoms with Gasteiger partial charge in [-0.15, -0.1) is 0 Å². The van der Waals surface area contributed by atoms with Gasteiger partial charge >= 0.3 is 0 Å². The van der Waals surface area contributed by atoms with Gasteiger partial charge in [0.2, 0.25) is 0 Å². The Kier molecular flexibility index (Phi) is 6.65.